The van der Waals surface area contributed by atoms with Crippen molar-refractivity contribution in [1.82, 2.24) is 5.32 Å². The van der Waals surface area contributed by atoms with Crippen LogP contribution in [0, 0.1) is 11.5 Å². The third-order valence-electron chi connectivity index (χ3n) is 2.52. The zero-order valence-electron chi connectivity index (χ0n) is 10.7. The van der Waals surface area contributed by atoms with Gasteiger partial charge in [-0.1, -0.05) is 68.0 Å². The van der Waals surface area contributed by atoms with Crippen LogP contribution in [0.2, 0.25) is 19.6 Å². The van der Waals surface area contributed by atoms with Crippen LogP contribution in [0.3, 0.4) is 0 Å². The van der Waals surface area contributed by atoms with Gasteiger partial charge in [-0.15, -0.1) is 5.54 Å². The number of rotatable bonds is 2. The first-order chi connectivity index (χ1) is 8.04. The summed E-state index contributed by atoms with van der Waals surface area (Å²) >= 11 is 0. The summed E-state index contributed by atoms with van der Waals surface area (Å²) in [5.74, 6) is 3.33. The minimum Gasteiger partial charge on any atom is -0.293 e. The average molecular weight is 241 g/mol. The Hall–Kier alpha value is -1.30. The van der Waals surface area contributed by atoms with Crippen molar-refractivity contribution >= 4 is 14.1 Å². The zero-order valence-corrected chi connectivity index (χ0v) is 11.7. The Morgan fingerprint density at radius 3 is 2.53 bits per heavy atom. The van der Waals surface area contributed by atoms with E-state index in [9.17, 15) is 0 Å². The van der Waals surface area contributed by atoms with Crippen molar-refractivity contribution in [2.24, 2.45) is 0 Å². The van der Waals surface area contributed by atoms with Gasteiger partial charge in [0, 0.05) is 0 Å². The average Bonchev–Trinajstić information content (AvgIpc) is 3.03. The molecule has 2 heteroatoms. The predicted octanol–water partition coefficient (Wildman–Crippen LogP) is 2.92. The van der Waals surface area contributed by atoms with E-state index in [0.29, 0.717) is 12.1 Å². The Kier molecular flexibility index (Phi) is 3.51. The maximum atomic E-state index is 3.40. The molecule has 1 heterocycles. The van der Waals surface area contributed by atoms with Crippen molar-refractivity contribution in [3.05, 3.63) is 42.0 Å². The van der Waals surface area contributed by atoms with Gasteiger partial charge in [-0.3, -0.25) is 5.32 Å². The molecule has 1 N–H and O–H groups in total. The van der Waals surface area contributed by atoms with Gasteiger partial charge in [0.05, 0.1) is 12.1 Å². The van der Waals surface area contributed by atoms with Gasteiger partial charge in [0.25, 0.3) is 0 Å². The summed E-state index contributed by atoms with van der Waals surface area (Å²) in [5.41, 5.74) is 4.65. The molecule has 88 valence electrons. The van der Waals surface area contributed by atoms with Crippen molar-refractivity contribution < 1.29 is 0 Å². The first-order valence-electron chi connectivity index (χ1n) is 6.07. The standard InChI is InChI=1S/C15H19NSi/c1-17(2,3)12-11-15-14(16-15)10-9-13-7-5-4-6-8-13/h4-10,14-16H,1-3H3/b10-9+/t14-,15-/m1/s1. The summed E-state index contributed by atoms with van der Waals surface area (Å²) in [6.07, 6.45) is 4.37. The highest BCUT2D eigenvalue weighted by molar-refractivity contribution is 6.83. The van der Waals surface area contributed by atoms with Gasteiger partial charge in [0.2, 0.25) is 0 Å². The van der Waals surface area contributed by atoms with E-state index in [1.165, 1.54) is 5.56 Å². The normalized spacial score (nSPS) is 23.2. The molecule has 0 aliphatic carbocycles. The lowest BCUT2D eigenvalue weighted by atomic mass is 10.2. The van der Waals surface area contributed by atoms with Crippen molar-refractivity contribution in [3.63, 3.8) is 0 Å². The van der Waals surface area contributed by atoms with E-state index in [4.69, 9.17) is 0 Å². The zero-order chi connectivity index (χ0) is 12.3. The summed E-state index contributed by atoms with van der Waals surface area (Å²) in [4.78, 5) is 0. The fourth-order valence-electron chi connectivity index (χ4n) is 1.52. The van der Waals surface area contributed by atoms with Crippen LogP contribution in [0.15, 0.2) is 36.4 Å². The van der Waals surface area contributed by atoms with Gasteiger partial charge >= 0.3 is 0 Å². The van der Waals surface area contributed by atoms with E-state index in [1.54, 1.807) is 0 Å². The van der Waals surface area contributed by atoms with Gasteiger partial charge < -0.3 is 0 Å². The lowest BCUT2D eigenvalue weighted by Gasteiger charge is -2.02. The van der Waals surface area contributed by atoms with Crippen molar-refractivity contribution in [2.75, 3.05) is 0 Å². The Morgan fingerprint density at radius 2 is 1.88 bits per heavy atom. The number of benzene rings is 1. The fourth-order valence-corrected chi connectivity index (χ4v) is 2.11. The topological polar surface area (TPSA) is 21.9 Å². The minimum absolute atomic E-state index is 0.377. The SMILES string of the molecule is C[Si](C)(C)C#C[C@H]1N[C@@H]1/C=C/c1ccccc1. The molecule has 1 aliphatic heterocycles. The lowest BCUT2D eigenvalue weighted by Crippen LogP contribution is -2.16. The van der Waals surface area contributed by atoms with Gasteiger partial charge in [-0.05, 0) is 5.56 Å². The molecule has 1 nitrogen and oxygen atoms in total. The Balaban J connectivity index is 1.88. The molecule has 2 atom stereocenters. The summed E-state index contributed by atoms with van der Waals surface area (Å²) in [6.45, 7) is 6.82. The van der Waals surface area contributed by atoms with Gasteiger partial charge in [-0.2, -0.15) is 0 Å². The van der Waals surface area contributed by atoms with E-state index in [1.807, 2.05) is 6.07 Å². The van der Waals surface area contributed by atoms with Crippen LogP contribution in [0.1, 0.15) is 5.56 Å². The van der Waals surface area contributed by atoms with Crippen molar-refractivity contribution in [2.45, 2.75) is 31.7 Å². The smallest absolute Gasteiger partial charge is 0.129 e. The highest BCUT2D eigenvalue weighted by Crippen LogP contribution is 2.14. The molecule has 1 aromatic carbocycles. The second kappa shape index (κ2) is 4.91. The molecule has 0 aromatic heterocycles. The molecule has 0 amide bonds. The van der Waals surface area contributed by atoms with E-state index >= 15 is 0 Å². The molecular formula is C15H19NSi. The van der Waals surface area contributed by atoms with Gasteiger partial charge in [0.1, 0.15) is 8.07 Å². The molecule has 0 saturated carbocycles. The molecule has 17 heavy (non-hydrogen) atoms. The van der Waals surface area contributed by atoms with Crippen LogP contribution in [0.5, 0.6) is 0 Å². The maximum Gasteiger partial charge on any atom is 0.129 e. The Morgan fingerprint density at radius 1 is 1.18 bits per heavy atom. The molecule has 2 rings (SSSR count). The monoisotopic (exact) mass is 241 g/mol. The van der Waals surface area contributed by atoms with E-state index in [0.717, 1.165) is 0 Å². The third kappa shape index (κ3) is 4.22. The van der Waals surface area contributed by atoms with Crippen LogP contribution in [0.4, 0.5) is 0 Å². The highest BCUT2D eigenvalue weighted by atomic mass is 28.3. The predicted molar refractivity (Wildman–Crippen MR) is 77.3 cm³/mol. The molecule has 1 aliphatic rings. The first kappa shape index (κ1) is 12.2. The Labute approximate surface area is 105 Å². The first-order valence-corrected chi connectivity index (χ1v) is 9.57. The van der Waals surface area contributed by atoms with Crippen LogP contribution >= 0.6 is 0 Å². The quantitative estimate of drug-likeness (QED) is 0.480. The van der Waals surface area contributed by atoms with Crippen molar-refractivity contribution in [1.29, 1.82) is 0 Å². The largest absolute Gasteiger partial charge is 0.293 e. The van der Waals surface area contributed by atoms with Crippen LogP contribution in [-0.2, 0) is 0 Å². The highest BCUT2D eigenvalue weighted by Gasteiger charge is 2.31. The summed E-state index contributed by atoms with van der Waals surface area (Å²) in [6, 6.07) is 11.2. The fraction of sp³-hybridized carbons (Fsp3) is 0.333. The number of hydrogen-bond donors (Lipinski definition) is 1. The minimum atomic E-state index is -1.22. The molecule has 1 aromatic rings. The molecule has 1 saturated heterocycles. The molecule has 1 fully saturated rings. The van der Waals surface area contributed by atoms with Crippen LogP contribution in [-0.4, -0.2) is 20.2 Å². The third-order valence-corrected chi connectivity index (χ3v) is 3.41. The maximum absolute atomic E-state index is 3.40. The summed E-state index contributed by atoms with van der Waals surface area (Å²) < 4.78 is 0. The lowest BCUT2D eigenvalue weighted by molar-refractivity contribution is 1.21. The van der Waals surface area contributed by atoms with Crippen molar-refractivity contribution in [3.8, 4) is 11.5 Å². The molecule has 0 radical (unpaired) electrons. The number of hydrogen-bond acceptors (Lipinski definition) is 1. The molecule has 0 unspecified atom stereocenters. The molecular weight excluding hydrogens is 222 g/mol. The van der Waals surface area contributed by atoms with E-state index in [-0.39, 0.29) is 0 Å². The second-order valence-corrected chi connectivity index (χ2v) is 10.2. The van der Waals surface area contributed by atoms with Gasteiger partial charge in [-0.25, -0.2) is 0 Å². The molecule has 0 spiro atoms. The van der Waals surface area contributed by atoms with Crippen LogP contribution in [0.25, 0.3) is 6.08 Å². The van der Waals surface area contributed by atoms with E-state index in [2.05, 4.69) is 72.8 Å². The number of nitrogens with one attached hydrogen (secondary N) is 1. The summed E-state index contributed by atoms with van der Waals surface area (Å²) in [5, 5.41) is 3.37. The Bertz CT molecular complexity index is 459. The van der Waals surface area contributed by atoms with Crippen LogP contribution < -0.4 is 5.32 Å². The second-order valence-electron chi connectivity index (χ2n) is 5.46. The summed E-state index contributed by atoms with van der Waals surface area (Å²) in [7, 11) is -1.22. The van der Waals surface area contributed by atoms with Gasteiger partial charge in [0.15, 0.2) is 0 Å². The molecule has 0 bridgehead atoms. The van der Waals surface area contributed by atoms with E-state index < -0.39 is 8.07 Å².